The highest BCUT2D eigenvalue weighted by molar-refractivity contribution is 9.10. The second-order valence-corrected chi connectivity index (χ2v) is 10.4. The number of rotatable bonds is 10. The Morgan fingerprint density at radius 1 is 1.19 bits per heavy atom. The van der Waals surface area contributed by atoms with Gasteiger partial charge in [-0.05, 0) is 73.3 Å². The number of fused-ring (bicyclic) bond motifs is 1. The van der Waals surface area contributed by atoms with Crippen LogP contribution in [0.15, 0.2) is 35.1 Å². The Kier molecular flexibility index (Phi) is 9.44. The number of nitrogens with one attached hydrogen (secondary N) is 2. The van der Waals surface area contributed by atoms with Crippen molar-refractivity contribution >= 4 is 33.4 Å². The molecule has 0 saturated carbocycles. The largest absolute Gasteiger partial charge is 0.448 e. The van der Waals surface area contributed by atoms with E-state index < -0.39 is 6.09 Å². The van der Waals surface area contributed by atoms with Gasteiger partial charge in [0.25, 0.3) is 0 Å². The molecule has 0 radical (unpaired) electrons. The van der Waals surface area contributed by atoms with Gasteiger partial charge in [-0.3, -0.25) is 9.78 Å². The number of hydrogen-bond acceptors (Lipinski definition) is 6. The molecule has 36 heavy (non-hydrogen) atoms. The Morgan fingerprint density at radius 3 is 2.64 bits per heavy atom. The van der Waals surface area contributed by atoms with Gasteiger partial charge in [0, 0.05) is 52.8 Å². The summed E-state index contributed by atoms with van der Waals surface area (Å²) in [6.45, 7) is 8.35. The summed E-state index contributed by atoms with van der Waals surface area (Å²) in [6, 6.07) is 6.14. The van der Waals surface area contributed by atoms with Crippen LogP contribution >= 0.6 is 15.9 Å². The Hall–Kier alpha value is -2.98. The number of carbonyl (C=O) groups is 2. The van der Waals surface area contributed by atoms with Gasteiger partial charge in [0.15, 0.2) is 0 Å². The van der Waals surface area contributed by atoms with Crippen LogP contribution in [0.25, 0.3) is 16.6 Å². The highest BCUT2D eigenvalue weighted by Crippen LogP contribution is 2.33. The molecule has 3 aromatic rings. The van der Waals surface area contributed by atoms with Crippen molar-refractivity contribution in [1.29, 1.82) is 0 Å². The molecular weight excluding hydrogens is 526 g/mol. The summed E-state index contributed by atoms with van der Waals surface area (Å²) < 4.78 is 13.4. The molecule has 0 atom stereocenters. The molecule has 0 bridgehead atoms. The van der Waals surface area contributed by atoms with Gasteiger partial charge in [0.2, 0.25) is 5.91 Å². The Bertz CT molecular complexity index is 1220. The number of aryl methyl sites for hydroxylation is 1. The molecule has 3 heterocycles. The second kappa shape index (κ2) is 12.3. The fourth-order valence-corrected chi connectivity index (χ4v) is 4.29. The highest BCUT2D eigenvalue weighted by atomic mass is 79.9. The number of halogens is 1. The average Bonchev–Trinajstić information content (AvgIpc) is 3.21. The summed E-state index contributed by atoms with van der Waals surface area (Å²) >= 11 is 3.53. The SMILES string of the molecule is CCc1ccc2c(-c3cncc(Br)c3)c(CCC(=O)NCCOC(=O)NC(C)(C)C)c(COC)nn12. The molecule has 10 heteroatoms. The Morgan fingerprint density at radius 2 is 1.97 bits per heavy atom. The van der Waals surface area contributed by atoms with E-state index in [4.69, 9.17) is 14.6 Å². The number of ether oxygens (including phenoxy) is 2. The van der Waals surface area contributed by atoms with Crippen LogP contribution in [0.2, 0.25) is 0 Å². The van der Waals surface area contributed by atoms with Crippen molar-refractivity contribution in [3.05, 3.63) is 52.0 Å². The molecule has 9 nitrogen and oxygen atoms in total. The maximum Gasteiger partial charge on any atom is 0.407 e. The number of pyridine rings is 1. The molecule has 0 fully saturated rings. The maximum atomic E-state index is 12.6. The number of alkyl carbamates (subject to hydrolysis) is 1. The van der Waals surface area contributed by atoms with E-state index in [-0.39, 0.29) is 31.0 Å². The zero-order valence-electron chi connectivity index (χ0n) is 21.5. The van der Waals surface area contributed by atoms with Crippen LogP contribution in [0.3, 0.4) is 0 Å². The molecule has 0 aliphatic heterocycles. The first kappa shape index (κ1) is 27.6. The molecule has 0 unspecified atom stereocenters. The van der Waals surface area contributed by atoms with Crippen LogP contribution in [0.1, 0.15) is 51.1 Å². The molecule has 0 aliphatic rings. The molecule has 0 spiro atoms. The number of aromatic nitrogens is 3. The minimum absolute atomic E-state index is 0.0923. The normalized spacial score (nSPS) is 11.5. The Balaban J connectivity index is 1.79. The van der Waals surface area contributed by atoms with Crippen molar-refractivity contribution in [3.8, 4) is 11.1 Å². The van der Waals surface area contributed by atoms with Gasteiger partial charge in [-0.1, -0.05) is 6.92 Å². The summed E-state index contributed by atoms with van der Waals surface area (Å²) in [4.78, 5) is 28.8. The van der Waals surface area contributed by atoms with Crippen molar-refractivity contribution in [2.24, 2.45) is 0 Å². The van der Waals surface area contributed by atoms with Crippen LogP contribution in [0.5, 0.6) is 0 Å². The lowest BCUT2D eigenvalue weighted by Crippen LogP contribution is -2.41. The van der Waals surface area contributed by atoms with Gasteiger partial charge in [0.1, 0.15) is 6.61 Å². The minimum atomic E-state index is -0.508. The lowest BCUT2D eigenvalue weighted by molar-refractivity contribution is -0.121. The third kappa shape index (κ3) is 7.27. The second-order valence-electron chi connectivity index (χ2n) is 9.46. The number of methoxy groups -OCH3 is 1. The third-order valence-electron chi connectivity index (χ3n) is 5.43. The van der Waals surface area contributed by atoms with E-state index in [1.165, 1.54) is 0 Å². The lowest BCUT2D eigenvalue weighted by Gasteiger charge is -2.20. The van der Waals surface area contributed by atoms with Gasteiger partial charge < -0.3 is 20.1 Å². The highest BCUT2D eigenvalue weighted by Gasteiger charge is 2.20. The molecular formula is C26H34BrN5O4. The molecule has 2 N–H and O–H groups in total. The summed E-state index contributed by atoms with van der Waals surface area (Å²) in [6.07, 6.45) is 4.60. The van der Waals surface area contributed by atoms with Gasteiger partial charge in [-0.25, -0.2) is 9.31 Å². The van der Waals surface area contributed by atoms with E-state index in [0.29, 0.717) is 13.0 Å². The summed E-state index contributed by atoms with van der Waals surface area (Å²) in [7, 11) is 1.63. The van der Waals surface area contributed by atoms with Crippen LogP contribution < -0.4 is 10.6 Å². The molecule has 3 rings (SSSR count). The summed E-state index contributed by atoms with van der Waals surface area (Å²) in [5, 5.41) is 10.4. The fourth-order valence-electron chi connectivity index (χ4n) is 3.92. The van der Waals surface area contributed by atoms with Crippen molar-refractivity contribution in [2.75, 3.05) is 20.3 Å². The number of hydrogen-bond donors (Lipinski definition) is 2. The third-order valence-corrected chi connectivity index (χ3v) is 5.87. The molecule has 0 saturated heterocycles. The first-order chi connectivity index (χ1) is 17.1. The smallest absolute Gasteiger partial charge is 0.407 e. The predicted octanol–water partition coefficient (Wildman–Crippen LogP) is 4.44. The molecule has 194 valence electrons. The van der Waals surface area contributed by atoms with E-state index in [1.807, 2.05) is 37.5 Å². The predicted molar refractivity (Wildman–Crippen MR) is 142 cm³/mol. The van der Waals surface area contributed by atoms with Crippen molar-refractivity contribution in [1.82, 2.24) is 25.2 Å². The number of carbonyl (C=O) groups excluding carboxylic acids is 2. The van der Waals surface area contributed by atoms with E-state index >= 15 is 0 Å². The van der Waals surface area contributed by atoms with Gasteiger partial charge in [-0.2, -0.15) is 5.10 Å². The molecule has 0 aromatic carbocycles. The quantitative estimate of drug-likeness (QED) is 0.355. The standard InChI is InChI=1S/C26H34BrN5O4/c1-6-19-7-9-22-24(17-13-18(27)15-28-14-17)20(21(16-35-5)31-32(19)22)8-10-23(33)29-11-12-36-25(34)30-26(2,3)4/h7,9,13-15H,6,8,10-12,16H2,1-5H3,(H,29,33)(H,30,34). The van der Waals surface area contributed by atoms with Crippen molar-refractivity contribution in [3.63, 3.8) is 0 Å². The topological polar surface area (TPSA) is 107 Å². The van der Waals surface area contributed by atoms with Gasteiger partial charge in [-0.15, -0.1) is 0 Å². The summed E-state index contributed by atoms with van der Waals surface area (Å²) in [5.74, 6) is -0.138. The van der Waals surface area contributed by atoms with Gasteiger partial charge >= 0.3 is 6.09 Å². The number of amides is 2. The first-order valence-corrected chi connectivity index (χ1v) is 12.8. The number of nitrogens with zero attached hydrogens (tertiary/aromatic N) is 3. The average molecular weight is 560 g/mol. The summed E-state index contributed by atoms with van der Waals surface area (Å²) in [5.41, 5.74) is 5.31. The maximum absolute atomic E-state index is 12.6. The zero-order chi connectivity index (χ0) is 26.3. The van der Waals surface area contributed by atoms with E-state index in [2.05, 4.69) is 50.6 Å². The monoisotopic (exact) mass is 559 g/mol. The minimum Gasteiger partial charge on any atom is -0.448 e. The zero-order valence-corrected chi connectivity index (χ0v) is 23.1. The van der Waals surface area contributed by atoms with Crippen LogP contribution in [0.4, 0.5) is 4.79 Å². The van der Waals surface area contributed by atoms with Gasteiger partial charge in [0.05, 0.1) is 24.4 Å². The van der Waals surface area contributed by atoms with Crippen molar-refractivity contribution in [2.45, 2.75) is 59.1 Å². The van der Waals surface area contributed by atoms with E-state index in [1.54, 1.807) is 13.3 Å². The molecule has 0 aliphatic carbocycles. The van der Waals surface area contributed by atoms with E-state index in [0.717, 1.165) is 44.5 Å². The van der Waals surface area contributed by atoms with Crippen LogP contribution in [-0.2, 0) is 33.7 Å². The van der Waals surface area contributed by atoms with Crippen LogP contribution in [-0.4, -0.2) is 52.4 Å². The molecule has 2 amide bonds. The van der Waals surface area contributed by atoms with Crippen LogP contribution in [0, 0.1) is 0 Å². The molecule has 3 aromatic heterocycles. The van der Waals surface area contributed by atoms with Crippen molar-refractivity contribution < 1.29 is 19.1 Å². The fraction of sp³-hybridized carbons (Fsp3) is 0.462. The Labute approximate surface area is 220 Å². The first-order valence-electron chi connectivity index (χ1n) is 12.0. The lowest BCUT2D eigenvalue weighted by atomic mass is 9.96. The van der Waals surface area contributed by atoms with E-state index in [9.17, 15) is 9.59 Å².